The van der Waals surface area contributed by atoms with E-state index >= 15 is 0 Å². The maximum Gasteiger partial charge on any atom is 0.311 e. The summed E-state index contributed by atoms with van der Waals surface area (Å²) >= 11 is 0. The second kappa shape index (κ2) is 7.27. The maximum absolute atomic E-state index is 12.6. The van der Waals surface area contributed by atoms with Crippen LogP contribution in [0.5, 0.6) is 0 Å². The molecule has 2 aromatic carbocycles. The molecule has 1 fully saturated rings. The van der Waals surface area contributed by atoms with E-state index in [1.807, 2.05) is 43.3 Å². The number of rotatable bonds is 6. The van der Waals surface area contributed by atoms with Crippen molar-refractivity contribution in [3.05, 3.63) is 71.5 Å². The third-order valence-corrected chi connectivity index (χ3v) is 4.66. The topological polar surface area (TPSA) is 68.5 Å². The fraction of sp³-hybridized carbons (Fsp3) is 0.273. The van der Waals surface area contributed by atoms with E-state index in [2.05, 4.69) is 5.32 Å². The van der Waals surface area contributed by atoms with Crippen LogP contribution in [-0.2, 0) is 20.7 Å². The van der Waals surface area contributed by atoms with Gasteiger partial charge in [0, 0.05) is 22.6 Å². The Labute approximate surface area is 157 Å². The van der Waals surface area contributed by atoms with Crippen LogP contribution in [-0.4, -0.2) is 17.9 Å². The summed E-state index contributed by atoms with van der Waals surface area (Å²) in [5.41, 5.74) is 3.25. The average molecular weight is 363 g/mol. The van der Waals surface area contributed by atoms with E-state index in [1.54, 1.807) is 18.4 Å². The lowest BCUT2D eigenvalue weighted by molar-refractivity contribution is -0.155. The van der Waals surface area contributed by atoms with E-state index in [-0.39, 0.29) is 18.4 Å². The molecular formula is C22H21NO4. The van der Waals surface area contributed by atoms with Crippen molar-refractivity contribution >= 4 is 22.8 Å². The molecule has 0 radical (unpaired) electrons. The van der Waals surface area contributed by atoms with Gasteiger partial charge in [0.2, 0.25) is 6.10 Å². The minimum Gasteiger partial charge on any atom is -0.464 e. The van der Waals surface area contributed by atoms with E-state index in [4.69, 9.17) is 9.15 Å². The van der Waals surface area contributed by atoms with Gasteiger partial charge in [0.15, 0.2) is 0 Å². The first-order valence-electron chi connectivity index (χ1n) is 9.11. The Morgan fingerprint density at radius 1 is 1.19 bits per heavy atom. The molecule has 1 amide bonds. The summed E-state index contributed by atoms with van der Waals surface area (Å²) in [5, 5.41) is 3.80. The number of ether oxygens (including phenoxy) is 1. The monoisotopic (exact) mass is 363 g/mol. The zero-order chi connectivity index (χ0) is 18.8. The largest absolute Gasteiger partial charge is 0.464 e. The van der Waals surface area contributed by atoms with Gasteiger partial charge in [-0.3, -0.25) is 9.59 Å². The van der Waals surface area contributed by atoms with Crippen LogP contribution in [0.25, 0.3) is 11.0 Å². The van der Waals surface area contributed by atoms with Crippen molar-refractivity contribution in [3.8, 4) is 0 Å². The van der Waals surface area contributed by atoms with E-state index in [0.717, 1.165) is 34.9 Å². The Morgan fingerprint density at radius 2 is 1.96 bits per heavy atom. The van der Waals surface area contributed by atoms with Gasteiger partial charge < -0.3 is 14.5 Å². The van der Waals surface area contributed by atoms with Crippen molar-refractivity contribution in [2.24, 2.45) is 0 Å². The summed E-state index contributed by atoms with van der Waals surface area (Å²) in [7, 11) is 0. The molecule has 1 aliphatic rings. The quantitative estimate of drug-likeness (QED) is 0.676. The van der Waals surface area contributed by atoms with Crippen LogP contribution in [0, 0.1) is 6.92 Å². The van der Waals surface area contributed by atoms with Crippen molar-refractivity contribution in [2.45, 2.75) is 38.3 Å². The van der Waals surface area contributed by atoms with Crippen LogP contribution < -0.4 is 5.32 Å². The Morgan fingerprint density at radius 3 is 2.70 bits per heavy atom. The van der Waals surface area contributed by atoms with Gasteiger partial charge in [-0.1, -0.05) is 42.5 Å². The number of benzene rings is 2. The van der Waals surface area contributed by atoms with E-state index < -0.39 is 12.1 Å². The van der Waals surface area contributed by atoms with Gasteiger partial charge in [-0.15, -0.1) is 0 Å². The average Bonchev–Trinajstić information content (AvgIpc) is 3.40. The molecule has 4 rings (SSSR count). The lowest BCUT2D eigenvalue weighted by Crippen LogP contribution is -2.33. The molecule has 5 nitrogen and oxygen atoms in total. The molecule has 0 unspecified atom stereocenters. The van der Waals surface area contributed by atoms with Gasteiger partial charge in [0.25, 0.3) is 5.91 Å². The van der Waals surface area contributed by atoms with Crippen LogP contribution in [0.4, 0.5) is 0 Å². The van der Waals surface area contributed by atoms with Crippen LogP contribution >= 0.6 is 0 Å². The Kier molecular flexibility index (Phi) is 4.67. The Bertz CT molecular complexity index is 972. The number of furan rings is 1. The van der Waals surface area contributed by atoms with Crippen LogP contribution in [0.15, 0.2) is 59.2 Å². The molecule has 1 aromatic heterocycles. The van der Waals surface area contributed by atoms with E-state index in [9.17, 15) is 9.59 Å². The fourth-order valence-corrected chi connectivity index (χ4v) is 3.06. The number of fused-ring (bicyclic) bond motifs is 1. The highest BCUT2D eigenvalue weighted by molar-refractivity contribution is 5.88. The summed E-state index contributed by atoms with van der Waals surface area (Å²) in [4.78, 5) is 25.1. The molecule has 0 saturated heterocycles. The summed E-state index contributed by atoms with van der Waals surface area (Å²) in [6.45, 7) is 1.98. The van der Waals surface area contributed by atoms with Gasteiger partial charge in [0.1, 0.15) is 5.58 Å². The highest BCUT2D eigenvalue weighted by Gasteiger charge is 2.31. The van der Waals surface area contributed by atoms with Gasteiger partial charge >= 0.3 is 5.97 Å². The fourth-order valence-electron chi connectivity index (χ4n) is 3.06. The summed E-state index contributed by atoms with van der Waals surface area (Å²) in [5.74, 6) is -0.734. The van der Waals surface area contributed by atoms with Gasteiger partial charge in [-0.2, -0.15) is 0 Å². The normalized spacial score (nSPS) is 14.7. The first kappa shape index (κ1) is 17.3. The zero-order valence-corrected chi connectivity index (χ0v) is 15.1. The number of amides is 1. The standard InChI is InChI=1S/C22H21NO4/c1-14-7-10-18-16(13-26-19(18)11-14)12-20(24)27-21(15-5-3-2-4-6-15)22(25)23-17-8-9-17/h2-7,10-11,13,17,21H,8-9,12H2,1H3,(H,23,25)/t21-/m0/s1. The molecule has 0 aliphatic heterocycles. The van der Waals surface area contributed by atoms with Crippen molar-refractivity contribution in [3.63, 3.8) is 0 Å². The molecule has 1 N–H and O–H groups in total. The lowest BCUT2D eigenvalue weighted by Gasteiger charge is -2.18. The molecular weight excluding hydrogens is 342 g/mol. The number of hydrogen-bond acceptors (Lipinski definition) is 4. The molecule has 1 saturated carbocycles. The first-order valence-corrected chi connectivity index (χ1v) is 9.11. The van der Waals surface area contributed by atoms with Crippen molar-refractivity contribution < 1.29 is 18.7 Å². The molecule has 1 atom stereocenters. The van der Waals surface area contributed by atoms with Crippen molar-refractivity contribution in [1.82, 2.24) is 5.32 Å². The number of aryl methyl sites for hydroxylation is 1. The lowest BCUT2D eigenvalue weighted by atomic mass is 10.1. The SMILES string of the molecule is Cc1ccc2c(CC(=O)O[C@H](C(=O)NC3CC3)c3ccccc3)coc2c1. The first-order chi connectivity index (χ1) is 13.1. The third kappa shape index (κ3) is 4.03. The molecule has 138 valence electrons. The third-order valence-electron chi connectivity index (χ3n) is 4.66. The predicted octanol–water partition coefficient (Wildman–Crippen LogP) is 3.85. The minimum atomic E-state index is -0.945. The molecule has 1 heterocycles. The van der Waals surface area contributed by atoms with Crippen molar-refractivity contribution in [1.29, 1.82) is 0 Å². The number of hydrogen-bond donors (Lipinski definition) is 1. The maximum atomic E-state index is 12.6. The molecule has 5 heteroatoms. The Balaban J connectivity index is 1.51. The van der Waals surface area contributed by atoms with Gasteiger partial charge in [0.05, 0.1) is 12.7 Å². The predicted molar refractivity (Wildman–Crippen MR) is 101 cm³/mol. The minimum absolute atomic E-state index is 0.0517. The summed E-state index contributed by atoms with van der Waals surface area (Å²) < 4.78 is 11.1. The van der Waals surface area contributed by atoms with E-state index in [1.165, 1.54) is 0 Å². The molecule has 0 bridgehead atoms. The molecule has 3 aromatic rings. The number of carbonyl (C=O) groups excluding carboxylic acids is 2. The Hall–Kier alpha value is -3.08. The number of esters is 1. The second-order valence-electron chi connectivity index (χ2n) is 7.00. The second-order valence-corrected chi connectivity index (χ2v) is 7.00. The highest BCUT2D eigenvalue weighted by Crippen LogP contribution is 2.26. The van der Waals surface area contributed by atoms with E-state index in [0.29, 0.717) is 5.56 Å². The molecule has 0 spiro atoms. The van der Waals surface area contributed by atoms with Crippen LogP contribution in [0.3, 0.4) is 0 Å². The van der Waals surface area contributed by atoms with Gasteiger partial charge in [-0.25, -0.2) is 0 Å². The molecule has 27 heavy (non-hydrogen) atoms. The highest BCUT2D eigenvalue weighted by atomic mass is 16.5. The smallest absolute Gasteiger partial charge is 0.311 e. The van der Waals surface area contributed by atoms with Crippen LogP contribution in [0.2, 0.25) is 0 Å². The molecule has 1 aliphatic carbocycles. The van der Waals surface area contributed by atoms with Crippen molar-refractivity contribution in [2.75, 3.05) is 0 Å². The number of carbonyl (C=O) groups is 2. The van der Waals surface area contributed by atoms with Crippen LogP contribution in [0.1, 0.15) is 35.6 Å². The zero-order valence-electron chi connectivity index (χ0n) is 15.1. The van der Waals surface area contributed by atoms with Gasteiger partial charge in [-0.05, 0) is 31.4 Å². The number of nitrogens with one attached hydrogen (secondary N) is 1. The summed E-state index contributed by atoms with van der Waals surface area (Å²) in [6, 6.07) is 15.1. The summed E-state index contributed by atoms with van der Waals surface area (Å²) in [6.07, 6.45) is 2.63.